The molecule has 8 heteroatoms. The zero-order chi connectivity index (χ0) is 21.4. The molecule has 1 saturated heterocycles. The number of aromatic nitrogens is 2. The molecule has 1 aromatic carbocycles. The van der Waals surface area contributed by atoms with E-state index in [9.17, 15) is 5.11 Å². The van der Waals surface area contributed by atoms with Gasteiger partial charge in [-0.05, 0) is 39.2 Å². The van der Waals surface area contributed by atoms with Gasteiger partial charge in [-0.2, -0.15) is 5.10 Å². The van der Waals surface area contributed by atoms with Gasteiger partial charge in [0.1, 0.15) is 0 Å². The molecule has 2 heterocycles. The second-order valence-corrected chi connectivity index (χ2v) is 8.12. The van der Waals surface area contributed by atoms with Gasteiger partial charge < -0.3 is 20.5 Å². The molecule has 1 aliphatic rings. The number of hydrogen-bond acceptors (Lipinski definition) is 4. The van der Waals surface area contributed by atoms with Crippen molar-refractivity contribution in [2.24, 2.45) is 10.4 Å². The lowest BCUT2D eigenvalue weighted by Crippen LogP contribution is -2.44. The van der Waals surface area contributed by atoms with E-state index >= 15 is 0 Å². The molecule has 0 spiro atoms. The summed E-state index contributed by atoms with van der Waals surface area (Å²) < 4.78 is 7.65. The van der Waals surface area contributed by atoms with E-state index in [2.05, 4.69) is 53.4 Å². The molecule has 2 aromatic rings. The van der Waals surface area contributed by atoms with Crippen molar-refractivity contribution in [1.29, 1.82) is 0 Å². The zero-order valence-corrected chi connectivity index (χ0v) is 21.2. The van der Waals surface area contributed by atoms with Crippen molar-refractivity contribution in [3.63, 3.8) is 0 Å². The summed E-state index contributed by atoms with van der Waals surface area (Å²) in [6.45, 7) is 10.7. The molecule has 0 radical (unpaired) electrons. The van der Waals surface area contributed by atoms with E-state index in [1.165, 1.54) is 5.56 Å². The topological polar surface area (TPSA) is 83.7 Å². The van der Waals surface area contributed by atoms with Crippen molar-refractivity contribution < 1.29 is 9.84 Å². The quantitative estimate of drug-likeness (QED) is 0.258. The van der Waals surface area contributed by atoms with E-state index < -0.39 is 0 Å². The number of aryl methyl sites for hydroxylation is 1. The fourth-order valence-electron chi connectivity index (χ4n) is 3.96. The molecule has 7 nitrogen and oxygen atoms in total. The Bertz CT molecular complexity index is 832. The molecule has 0 aliphatic carbocycles. The fraction of sp³-hybridized carbons (Fsp3) is 0.565. The van der Waals surface area contributed by atoms with Crippen LogP contribution in [0.5, 0.6) is 0 Å². The minimum Gasteiger partial charge on any atom is -0.396 e. The molecular weight excluding hydrogens is 505 g/mol. The average Bonchev–Trinajstić information content (AvgIpc) is 3.31. The molecule has 1 unspecified atom stereocenters. The highest BCUT2D eigenvalue weighted by atomic mass is 127. The van der Waals surface area contributed by atoms with Crippen LogP contribution in [0.15, 0.2) is 35.3 Å². The lowest BCUT2D eigenvalue weighted by atomic mass is 9.84. The third-order valence-electron chi connectivity index (χ3n) is 5.90. The average molecular weight is 541 g/mol. The summed E-state index contributed by atoms with van der Waals surface area (Å²) in [6.07, 6.45) is 1.70. The molecule has 1 aromatic heterocycles. The van der Waals surface area contributed by atoms with Gasteiger partial charge in [0.2, 0.25) is 0 Å². The summed E-state index contributed by atoms with van der Waals surface area (Å²) in [5.74, 6) is 0.788. The largest absolute Gasteiger partial charge is 0.396 e. The van der Waals surface area contributed by atoms with Gasteiger partial charge in [0, 0.05) is 43.0 Å². The number of hydrogen-bond donors (Lipinski definition) is 3. The molecule has 172 valence electrons. The number of halogens is 1. The van der Waals surface area contributed by atoms with Crippen LogP contribution in [-0.2, 0) is 17.8 Å². The second-order valence-electron chi connectivity index (χ2n) is 8.12. The van der Waals surface area contributed by atoms with Gasteiger partial charge in [-0.3, -0.25) is 4.68 Å². The molecule has 31 heavy (non-hydrogen) atoms. The Labute approximate surface area is 202 Å². The van der Waals surface area contributed by atoms with E-state index in [4.69, 9.17) is 14.8 Å². The lowest BCUT2D eigenvalue weighted by Gasteiger charge is -2.27. The normalized spacial score (nSPS) is 18.6. The first-order chi connectivity index (χ1) is 14.6. The van der Waals surface area contributed by atoms with E-state index in [0.717, 1.165) is 62.0 Å². The maximum atomic E-state index is 9.44. The predicted molar refractivity (Wildman–Crippen MR) is 135 cm³/mol. The van der Waals surface area contributed by atoms with Crippen molar-refractivity contribution in [2.75, 3.05) is 32.9 Å². The van der Waals surface area contributed by atoms with E-state index in [1.54, 1.807) is 0 Å². The Morgan fingerprint density at radius 1 is 1.26 bits per heavy atom. The van der Waals surface area contributed by atoms with Crippen molar-refractivity contribution in [3.05, 3.63) is 52.8 Å². The van der Waals surface area contributed by atoms with Crippen molar-refractivity contribution >= 4 is 29.9 Å². The third kappa shape index (κ3) is 6.92. The van der Waals surface area contributed by atoms with Crippen LogP contribution in [0.2, 0.25) is 0 Å². The summed E-state index contributed by atoms with van der Waals surface area (Å²) in [5.41, 5.74) is 4.55. The van der Waals surface area contributed by atoms with E-state index in [-0.39, 0.29) is 36.0 Å². The summed E-state index contributed by atoms with van der Waals surface area (Å²) in [7, 11) is 0. The maximum absolute atomic E-state index is 9.44. The molecule has 3 N–H and O–H groups in total. The first-order valence-corrected chi connectivity index (χ1v) is 10.8. The number of aliphatic hydroxyl groups excluding tert-OH is 1. The van der Waals surface area contributed by atoms with Gasteiger partial charge >= 0.3 is 0 Å². The number of nitrogens with zero attached hydrogens (tertiary/aromatic N) is 3. The Morgan fingerprint density at radius 2 is 2.03 bits per heavy atom. The van der Waals surface area contributed by atoms with Crippen molar-refractivity contribution in [3.8, 4) is 0 Å². The van der Waals surface area contributed by atoms with Crippen LogP contribution >= 0.6 is 24.0 Å². The first kappa shape index (κ1) is 25.6. The maximum Gasteiger partial charge on any atom is 0.191 e. The number of benzene rings is 1. The SMILES string of the molecule is CCNC(=NCc1c(C)nn(Cc2ccccc2)c1C)NCC1(CCO)CCOC1.I. The zero-order valence-electron chi connectivity index (χ0n) is 18.9. The Morgan fingerprint density at radius 3 is 2.68 bits per heavy atom. The molecule has 0 amide bonds. The van der Waals surface area contributed by atoms with Gasteiger partial charge in [-0.15, -0.1) is 24.0 Å². The van der Waals surface area contributed by atoms with Crippen LogP contribution in [0.4, 0.5) is 0 Å². The highest BCUT2D eigenvalue weighted by Crippen LogP contribution is 2.31. The van der Waals surface area contributed by atoms with Crippen molar-refractivity contribution in [2.45, 2.75) is 46.7 Å². The van der Waals surface area contributed by atoms with Crippen LogP contribution < -0.4 is 10.6 Å². The predicted octanol–water partition coefficient (Wildman–Crippen LogP) is 3.01. The number of aliphatic imine (C=N–C) groups is 1. The van der Waals surface area contributed by atoms with E-state index in [0.29, 0.717) is 13.2 Å². The van der Waals surface area contributed by atoms with Crippen LogP contribution in [0.1, 0.15) is 42.3 Å². The third-order valence-corrected chi connectivity index (χ3v) is 5.90. The summed E-state index contributed by atoms with van der Waals surface area (Å²) in [4.78, 5) is 4.82. The molecule has 1 atom stereocenters. The second kappa shape index (κ2) is 12.4. The number of aliphatic hydroxyl groups is 1. The first-order valence-electron chi connectivity index (χ1n) is 10.8. The van der Waals surface area contributed by atoms with Gasteiger partial charge in [0.15, 0.2) is 5.96 Å². The van der Waals surface area contributed by atoms with Gasteiger partial charge in [0.05, 0.1) is 25.4 Å². The molecule has 3 rings (SSSR count). The Hall–Kier alpha value is -1.65. The number of rotatable bonds is 9. The highest BCUT2D eigenvalue weighted by molar-refractivity contribution is 14.0. The smallest absolute Gasteiger partial charge is 0.191 e. The van der Waals surface area contributed by atoms with Crippen LogP contribution in [0.25, 0.3) is 0 Å². The molecule has 0 saturated carbocycles. The molecule has 0 bridgehead atoms. The van der Waals surface area contributed by atoms with E-state index in [1.807, 2.05) is 13.0 Å². The molecular formula is C23H36IN5O2. The van der Waals surface area contributed by atoms with Crippen molar-refractivity contribution in [1.82, 2.24) is 20.4 Å². The fourth-order valence-corrected chi connectivity index (χ4v) is 3.96. The Kier molecular flexibility index (Phi) is 10.2. The minimum absolute atomic E-state index is 0. The summed E-state index contributed by atoms with van der Waals surface area (Å²) >= 11 is 0. The standard InChI is InChI=1S/C23H35N5O2.HI/c1-4-24-22(26-16-23(10-12-29)11-13-30-17-23)25-14-21-18(2)27-28(19(21)3)15-20-8-6-5-7-9-20;/h5-9,29H,4,10-17H2,1-3H3,(H2,24,25,26);1H. The minimum atomic E-state index is -0.0165. The van der Waals surface area contributed by atoms with Gasteiger partial charge in [-0.25, -0.2) is 4.99 Å². The monoisotopic (exact) mass is 541 g/mol. The number of guanidine groups is 1. The summed E-state index contributed by atoms with van der Waals surface area (Å²) in [5, 5.41) is 21.0. The molecule has 1 fully saturated rings. The lowest BCUT2D eigenvalue weighted by molar-refractivity contribution is 0.127. The number of ether oxygens (including phenoxy) is 1. The van der Waals surface area contributed by atoms with Crippen LogP contribution in [0.3, 0.4) is 0 Å². The van der Waals surface area contributed by atoms with Crippen LogP contribution in [0, 0.1) is 19.3 Å². The Balaban J connectivity index is 0.00000341. The van der Waals surface area contributed by atoms with Crippen LogP contribution in [-0.4, -0.2) is 53.8 Å². The highest BCUT2D eigenvalue weighted by Gasteiger charge is 2.34. The van der Waals surface area contributed by atoms with Gasteiger partial charge in [-0.1, -0.05) is 30.3 Å². The molecule has 1 aliphatic heterocycles. The number of nitrogens with one attached hydrogen (secondary N) is 2. The summed E-state index contributed by atoms with van der Waals surface area (Å²) in [6, 6.07) is 10.4. The van der Waals surface area contributed by atoms with Gasteiger partial charge in [0.25, 0.3) is 0 Å².